The first-order chi connectivity index (χ1) is 11.7. The molecule has 3 aromatic rings. The summed E-state index contributed by atoms with van der Waals surface area (Å²) in [5.41, 5.74) is 2.63. The van der Waals surface area contributed by atoms with Crippen molar-refractivity contribution in [2.45, 2.75) is 12.8 Å². The Morgan fingerprint density at radius 3 is 2.88 bits per heavy atom. The minimum atomic E-state index is -0.0389. The van der Waals surface area contributed by atoms with E-state index < -0.39 is 0 Å². The minimum Gasteiger partial charge on any atom is -0.308 e. The molecule has 1 aromatic carbocycles. The number of nitrogens with zero attached hydrogens (tertiary/aromatic N) is 4. The van der Waals surface area contributed by atoms with Crippen molar-refractivity contribution in [3.63, 3.8) is 0 Å². The summed E-state index contributed by atoms with van der Waals surface area (Å²) in [5, 5.41) is 0.703. The quantitative estimate of drug-likeness (QED) is 0.718. The first-order valence-corrected chi connectivity index (χ1v) is 8.15. The average Bonchev–Trinajstić information content (AvgIpc) is 3.15. The predicted octanol–water partition coefficient (Wildman–Crippen LogP) is 3.51. The van der Waals surface area contributed by atoms with Gasteiger partial charge >= 0.3 is 0 Å². The second kappa shape index (κ2) is 6.09. The van der Waals surface area contributed by atoms with Crippen LogP contribution in [0.4, 0.5) is 5.69 Å². The van der Waals surface area contributed by atoms with E-state index in [2.05, 4.69) is 9.97 Å². The lowest BCUT2D eigenvalue weighted by atomic mass is 10.0. The molecule has 0 atom stereocenters. The van der Waals surface area contributed by atoms with Crippen LogP contribution in [-0.4, -0.2) is 27.0 Å². The second-order valence-corrected chi connectivity index (χ2v) is 6.14. The van der Waals surface area contributed by atoms with Gasteiger partial charge in [0.15, 0.2) is 0 Å². The predicted molar refractivity (Wildman–Crippen MR) is 92.8 cm³/mol. The molecule has 0 aliphatic carbocycles. The molecule has 6 heteroatoms. The van der Waals surface area contributed by atoms with E-state index in [1.807, 2.05) is 35.4 Å². The number of anilines is 1. The molecule has 0 bridgehead atoms. The fourth-order valence-corrected chi connectivity index (χ4v) is 3.19. The molecule has 0 fully saturated rings. The number of hydrogen-bond acceptors (Lipinski definition) is 3. The largest absolute Gasteiger partial charge is 0.308 e. The Balaban J connectivity index is 1.63. The highest BCUT2D eigenvalue weighted by Crippen LogP contribution is 2.30. The molecule has 0 N–H and O–H groups in total. The van der Waals surface area contributed by atoms with E-state index in [0.29, 0.717) is 17.1 Å². The van der Waals surface area contributed by atoms with Crippen LogP contribution in [0.1, 0.15) is 22.3 Å². The van der Waals surface area contributed by atoms with Crippen molar-refractivity contribution in [1.82, 2.24) is 14.5 Å². The number of aromatic nitrogens is 3. The van der Waals surface area contributed by atoms with Crippen molar-refractivity contribution in [3.8, 4) is 5.82 Å². The Morgan fingerprint density at radius 1 is 1.21 bits per heavy atom. The van der Waals surface area contributed by atoms with E-state index in [1.165, 1.54) is 0 Å². The van der Waals surface area contributed by atoms with Gasteiger partial charge in [0.25, 0.3) is 5.91 Å². The highest BCUT2D eigenvalue weighted by Gasteiger charge is 2.24. The van der Waals surface area contributed by atoms with Crippen LogP contribution in [0.2, 0.25) is 5.02 Å². The SMILES string of the molecule is O=C(c1ccc(-n2ccnc2)nc1)N1CCCc2cc(Cl)ccc21. The number of carbonyl (C=O) groups is 1. The maximum atomic E-state index is 12.9. The normalized spacial score (nSPS) is 13.6. The first-order valence-electron chi connectivity index (χ1n) is 7.77. The Labute approximate surface area is 144 Å². The molecule has 0 spiro atoms. The lowest BCUT2D eigenvalue weighted by Crippen LogP contribution is -2.35. The first kappa shape index (κ1) is 14.9. The Bertz CT molecular complexity index is 875. The number of aryl methyl sites for hydroxylation is 1. The van der Waals surface area contributed by atoms with Crippen LogP contribution < -0.4 is 4.90 Å². The highest BCUT2D eigenvalue weighted by atomic mass is 35.5. The summed E-state index contributed by atoms with van der Waals surface area (Å²) in [6.45, 7) is 0.705. The smallest absolute Gasteiger partial charge is 0.259 e. The summed E-state index contributed by atoms with van der Waals surface area (Å²) in [5.74, 6) is 0.692. The third-order valence-corrected chi connectivity index (χ3v) is 4.40. The summed E-state index contributed by atoms with van der Waals surface area (Å²) in [6.07, 6.45) is 8.67. The van der Waals surface area contributed by atoms with Gasteiger partial charge in [0.05, 0.1) is 5.56 Å². The summed E-state index contributed by atoms with van der Waals surface area (Å²) >= 11 is 6.07. The van der Waals surface area contributed by atoms with Crippen molar-refractivity contribution >= 4 is 23.2 Å². The Kier molecular flexibility index (Phi) is 3.78. The molecule has 0 unspecified atom stereocenters. The molecule has 24 heavy (non-hydrogen) atoms. The number of benzene rings is 1. The van der Waals surface area contributed by atoms with Crippen molar-refractivity contribution in [3.05, 3.63) is 71.4 Å². The third kappa shape index (κ3) is 2.67. The molecule has 1 aliphatic rings. The average molecular weight is 339 g/mol. The molecule has 1 amide bonds. The fourth-order valence-electron chi connectivity index (χ4n) is 2.99. The van der Waals surface area contributed by atoms with Gasteiger partial charge < -0.3 is 4.90 Å². The number of imidazole rings is 1. The van der Waals surface area contributed by atoms with E-state index >= 15 is 0 Å². The molecule has 3 heterocycles. The lowest BCUT2D eigenvalue weighted by molar-refractivity contribution is 0.0985. The van der Waals surface area contributed by atoms with Crippen molar-refractivity contribution in [2.24, 2.45) is 0 Å². The highest BCUT2D eigenvalue weighted by molar-refractivity contribution is 6.30. The number of fused-ring (bicyclic) bond motifs is 1. The summed E-state index contributed by atoms with van der Waals surface area (Å²) in [6, 6.07) is 9.31. The monoisotopic (exact) mass is 338 g/mol. The molecular formula is C18H15ClN4O. The van der Waals surface area contributed by atoms with E-state index in [-0.39, 0.29) is 5.91 Å². The maximum absolute atomic E-state index is 12.9. The molecular weight excluding hydrogens is 324 g/mol. The molecule has 0 radical (unpaired) electrons. The number of rotatable bonds is 2. The zero-order valence-electron chi connectivity index (χ0n) is 12.9. The van der Waals surface area contributed by atoms with Gasteiger partial charge in [-0.1, -0.05) is 11.6 Å². The van der Waals surface area contributed by atoms with Crippen LogP contribution in [0.25, 0.3) is 5.82 Å². The molecule has 1 aliphatic heterocycles. The zero-order chi connectivity index (χ0) is 16.5. The van der Waals surface area contributed by atoms with Gasteiger partial charge in [-0.2, -0.15) is 0 Å². The number of pyridine rings is 1. The topological polar surface area (TPSA) is 51.0 Å². The van der Waals surface area contributed by atoms with Gasteiger partial charge in [0, 0.05) is 35.8 Å². The summed E-state index contributed by atoms with van der Waals surface area (Å²) < 4.78 is 1.80. The summed E-state index contributed by atoms with van der Waals surface area (Å²) in [7, 11) is 0. The number of halogens is 1. The van der Waals surface area contributed by atoms with Crippen LogP contribution in [0.3, 0.4) is 0 Å². The van der Waals surface area contributed by atoms with Crippen molar-refractivity contribution in [1.29, 1.82) is 0 Å². The Hall–Kier alpha value is -2.66. The van der Waals surface area contributed by atoms with Gasteiger partial charge in [-0.25, -0.2) is 9.97 Å². The van der Waals surface area contributed by atoms with Gasteiger partial charge in [-0.15, -0.1) is 0 Å². The standard InChI is InChI=1S/C18H15ClN4O/c19-15-4-5-16-13(10-15)2-1-8-23(16)18(24)14-3-6-17(21-11-14)22-9-7-20-12-22/h3-7,9-12H,1-2,8H2. The second-order valence-electron chi connectivity index (χ2n) is 5.71. The van der Waals surface area contributed by atoms with Crippen molar-refractivity contribution in [2.75, 3.05) is 11.4 Å². The lowest BCUT2D eigenvalue weighted by Gasteiger charge is -2.29. The van der Waals surface area contributed by atoms with Crippen LogP contribution in [0.5, 0.6) is 0 Å². The molecule has 0 saturated carbocycles. The molecule has 2 aromatic heterocycles. The van der Waals surface area contributed by atoms with Gasteiger partial charge in [-0.3, -0.25) is 9.36 Å². The molecule has 5 nitrogen and oxygen atoms in total. The number of amides is 1. The Morgan fingerprint density at radius 2 is 2.12 bits per heavy atom. The van der Waals surface area contributed by atoms with Crippen LogP contribution >= 0.6 is 11.6 Å². The van der Waals surface area contributed by atoms with Crippen molar-refractivity contribution < 1.29 is 4.79 Å². The molecule has 120 valence electrons. The van der Waals surface area contributed by atoms with E-state index in [1.54, 1.807) is 29.4 Å². The van der Waals surface area contributed by atoms with Crippen LogP contribution in [0.15, 0.2) is 55.2 Å². The van der Waals surface area contributed by atoms with E-state index in [0.717, 1.165) is 29.9 Å². The van der Waals surface area contributed by atoms with E-state index in [4.69, 9.17) is 11.6 Å². The summed E-state index contributed by atoms with van der Waals surface area (Å²) in [4.78, 5) is 23.0. The van der Waals surface area contributed by atoms with Gasteiger partial charge in [0.1, 0.15) is 12.1 Å². The molecule has 0 saturated heterocycles. The van der Waals surface area contributed by atoms with Crippen LogP contribution in [-0.2, 0) is 6.42 Å². The minimum absolute atomic E-state index is 0.0389. The zero-order valence-corrected chi connectivity index (χ0v) is 13.6. The maximum Gasteiger partial charge on any atom is 0.259 e. The number of hydrogen-bond donors (Lipinski definition) is 0. The fraction of sp³-hybridized carbons (Fsp3) is 0.167. The molecule has 4 rings (SSSR count). The number of carbonyl (C=O) groups excluding carboxylic acids is 1. The third-order valence-electron chi connectivity index (χ3n) is 4.17. The van der Waals surface area contributed by atoms with Gasteiger partial charge in [0.2, 0.25) is 0 Å². The van der Waals surface area contributed by atoms with Gasteiger partial charge in [-0.05, 0) is 48.7 Å². The van der Waals surface area contributed by atoms with E-state index in [9.17, 15) is 4.79 Å². The van der Waals surface area contributed by atoms with Crippen LogP contribution in [0, 0.1) is 0 Å².